The molecule has 2 aliphatic heterocycles. The van der Waals surface area contributed by atoms with Gasteiger partial charge in [0.25, 0.3) is 0 Å². The van der Waals surface area contributed by atoms with Gasteiger partial charge in [-0.3, -0.25) is 9.69 Å². The summed E-state index contributed by atoms with van der Waals surface area (Å²) in [6, 6.07) is 0. The van der Waals surface area contributed by atoms with Crippen molar-refractivity contribution in [2.45, 2.75) is 45.1 Å². The van der Waals surface area contributed by atoms with E-state index in [0.717, 1.165) is 37.6 Å². The predicted octanol–water partition coefficient (Wildman–Crippen LogP) is 2.44. The first kappa shape index (κ1) is 17.4. The van der Waals surface area contributed by atoms with Gasteiger partial charge in [0.15, 0.2) is 0 Å². The van der Waals surface area contributed by atoms with E-state index in [1.54, 1.807) is 6.20 Å². The highest BCUT2D eigenvalue weighted by Crippen LogP contribution is 2.37. The molecule has 2 fully saturated rings. The van der Waals surface area contributed by atoms with Gasteiger partial charge in [-0.2, -0.15) is 0 Å². The summed E-state index contributed by atoms with van der Waals surface area (Å²) in [5.41, 5.74) is 0.860. The lowest BCUT2D eigenvalue weighted by molar-refractivity contribution is -0.147. The van der Waals surface area contributed by atoms with E-state index in [2.05, 4.69) is 19.8 Å². The minimum atomic E-state index is -0.142. The van der Waals surface area contributed by atoms with E-state index in [1.165, 1.54) is 19.3 Å². The summed E-state index contributed by atoms with van der Waals surface area (Å²) in [5.74, 6) is 0.756. The SMILES string of the molecule is CCOC(=O)CC1(N2CCCCC2)CN(c2nc(Cl)ncc2C)C1. The zero-order valence-electron chi connectivity index (χ0n) is 14.4. The number of carbonyl (C=O) groups excluding carboxylic acids is 1. The van der Waals surface area contributed by atoms with E-state index in [9.17, 15) is 4.79 Å². The third-order valence-electron chi connectivity index (χ3n) is 4.99. The fourth-order valence-electron chi connectivity index (χ4n) is 3.82. The van der Waals surface area contributed by atoms with Crippen LogP contribution >= 0.6 is 11.6 Å². The molecule has 0 radical (unpaired) electrons. The molecule has 6 nitrogen and oxygen atoms in total. The number of aromatic nitrogens is 2. The summed E-state index contributed by atoms with van der Waals surface area (Å²) < 4.78 is 5.22. The average molecular weight is 353 g/mol. The second kappa shape index (κ2) is 7.23. The minimum absolute atomic E-state index is 0.111. The molecule has 0 amide bonds. The summed E-state index contributed by atoms with van der Waals surface area (Å²) >= 11 is 5.95. The normalized spacial score (nSPS) is 20.5. The zero-order chi connectivity index (χ0) is 17.2. The highest BCUT2D eigenvalue weighted by Gasteiger charge is 2.50. The summed E-state index contributed by atoms with van der Waals surface area (Å²) in [7, 11) is 0. The number of nitrogens with zero attached hydrogens (tertiary/aromatic N) is 4. The monoisotopic (exact) mass is 352 g/mol. The van der Waals surface area contributed by atoms with Crippen LogP contribution in [0.15, 0.2) is 6.20 Å². The third-order valence-corrected chi connectivity index (χ3v) is 5.17. The van der Waals surface area contributed by atoms with Gasteiger partial charge in [0.1, 0.15) is 5.82 Å². The number of rotatable bonds is 5. The Bertz CT molecular complexity index is 598. The van der Waals surface area contributed by atoms with Crippen LogP contribution in [0.25, 0.3) is 0 Å². The Labute approximate surface area is 148 Å². The highest BCUT2D eigenvalue weighted by molar-refractivity contribution is 6.28. The van der Waals surface area contributed by atoms with E-state index >= 15 is 0 Å². The van der Waals surface area contributed by atoms with Gasteiger partial charge in [-0.1, -0.05) is 6.42 Å². The molecule has 0 atom stereocenters. The largest absolute Gasteiger partial charge is 0.466 e. The van der Waals surface area contributed by atoms with Crippen molar-refractivity contribution in [3.8, 4) is 0 Å². The summed E-state index contributed by atoms with van der Waals surface area (Å²) in [5, 5.41) is 0.261. The van der Waals surface area contributed by atoms with E-state index in [0.29, 0.717) is 13.0 Å². The van der Waals surface area contributed by atoms with Crippen LogP contribution in [0.1, 0.15) is 38.2 Å². The molecule has 0 aliphatic carbocycles. The number of esters is 1. The molecule has 24 heavy (non-hydrogen) atoms. The predicted molar refractivity (Wildman–Crippen MR) is 93.4 cm³/mol. The van der Waals surface area contributed by atoms with Gasteiger partial charge in [-0.05, 0) is 51.4 Å². The Hall–Kier alpha value is -1.40. The summed E-state index contributed by atoms with van der Waals surface area (Å²) in [6.45, 7) is 7.93. The molecule has 1 aromatic rings. The van der Waals surface area contributed by atoms with Crippen LogP contribution in [0, 0.1) is 6.92 Å². The number of piperidine rings is 1. The quantitative estimate of drug-likeness (QED) is 0.599. The van der Waals surface area contributed by atoms with Crippen molar-refractivity contribution >= 4 is 23.4 Å². The van der Waals surface area contributed by atoms with Crippen LogP contribution < -0.4 is 4.90 Å². The minimum Gasteiger partial charge on any atom is -0.466 e. The molecule has 2 aliphatic rings. The molecular formula is C17H25ClN4O2. The molecular weight excluding hydrogens is 328 g/mol. The molecule has 2 saturated heterocycles. The van der Waals surface area contributed by atoms with Gasteiger partial charge in [0.05, 0.1) is 18.6 Å². The van der Waals surface area contributed by atoms with Crippen molar-refractivity contribution in [1.29, 1.82) is 0 Å². The maximum Gasteiger partial charge on any atom is 0.307 e. The highest BCUT2D eigenvalue weighted by atomic mass is 35.5. The van der Waals surface area contributed by atoms with Gasteiger partial charge >= 0.3 is 5.97 Å². The number of likely N-dealkylation sites (tertiary alicyclic amines) is 1. The lowest BCUT2D eigenvalue weighted by Crippen LogP contribution is -2.72. The van der Waals surface area contributed by atoms with Crippen LogP contribution in [-0.2, 0) is 9.53 Å². The standard InChI is InChI=1S/C17H25ClN4O2/c1-3-24-14(23)9-17(22-7-5-4-6-8-22)11-21(12-17)15-13(2)10-19-16(18)20-15/h10H,3-9,11-12H2,1-2H3. The fourth-order valence-corrected chi connectivity index (χ4v) is 3.95. The van der Waals surface area contributed by atoms with E-state index in [1.807, 2.05) is 13.8 Å². The Morgan fingerprint density at radius 1 is 1.33 bits per heavy atom. The topological polar surface area (TPSA) is 58.6 Å². The van der Waals surface area contributed by atoms with Crippen molar-refractivity contribution in [3.63, 3.8) is 0 Å². The van der Waals surface area contributed by atoms with Crippen LogP contribution in [0.3, 0.4) is 0 Å². The number of carbonyl (C=O) groups is 1. The number of hydrogen-bond donors (Lipinski definition) is 0. The first-order chi connectivity index (χ1) is 11.5. The molecule has 0 N–H and O–H groups in total. The maximum atomic E-state index is 12.1. The molecule has 7 heteroatoms. The van der Waals surface area contributed by atoms with Crippen LogP contribution in [0.5, 0.6) is 0 Å². The molecule has 0 aromatic carbocycles. The number of hydrogen-bond acceptors (Lipinski definition) is 6. The second-order valence-corrected chi connectivity index (χ2v) is 7.09. The second-order valence-electron chi connectivity index (χ2n) is 6.76. The van der Waals surface area contributed by atoms with Crippen molar-refractivity contribution in [3.05, 3.63) is 17.0 Å². The number of anilines is 1. The summed E-state index contributed by atoms with van der Waals surface area (Å²) in [6.07, 6.45) is 5.86. The fraction of sp³-hybridized carbons (Fsp3) is 0.706. The van der Waals surface area contributed by atoms with Crippen molar-refractivity contribution in [2.75, 3.05) is 37.7 Å². The first-order valence-electron chi connectivity index (χ1n) is 8.69. The first-order valence-corrected chi connectivity index (χ1v) is 9.07. The van der Waals surface area contributed by atoms with E-state index in [-0.39, 0.29) is 16.8 Å². The van der Waals surface area contributed by atoms with Gasteiger partial charge in [-0.25, -0.2) is 9.97 Å². The van der Waals surface area contributed by atoms with Gasteiger partial charge in [0, 0.05) is 24.8 Å². The molecule has 0 bridgehead atoms. The Kier molecular flexibility index (Phi) is 5.25. The van der Waals surface area contributed by atoms with Gasteiger partial charge < -0.3 is 9.64 Å². The van der Waals surface area contributed by atoms with E-state index in [4.69, 9.17) is 16.3 Å². The van der Waals surface area contributed by atoms with E-state index < -0.39 is 0 Å². The molecule has 3 heterocycles. The number of ether oxygens (including phenoxy) is 1. The lowest BCUT2D eigenvalue weighted by Gasteiger charge is -2.57. The Morgan fingerprint density at radius 3 is 2.71 bits per heavy atom. The van der Waals surface area contributed by atoms with Crippen LogP contribution in [-0.4, -0.2) is 59.2 Å². The third kappa shape index (κ3) is 3.49. The molecule has 1 aromatic heterocycles. The molecule has 0 unspecified atom stereocenters. The molecule has 3 rings (SSSR count). The van der Waals surface area contributed by atoms with Crippen molar-refractivity contribution in [1.82, 2.24) is 14.9 Å². The van der Waals surface area contributed by atoms with Crippen molar-refractivity contribution in [2.24, 2.45) is 0 Å². The van der Waals surface area contributed by atoms with Gasteiger partial charge in [0.2, 0.25) is 5.28 Å². The smallest absolute Gasteiger partial charge is 0.307 e. The lowest BCUT2D eigenvalue weighted by atomic mass is 9.82. The van der Waals surface area contributed by atoms with Crippen molar-refractivity contribution < 1.29 is 9.53 Å². The molecule has 0 saturated carbocycles. The van der Waals surface area contributed by atoms with Gasteiger partial charge in [-0.15, -0.1) is 0 Å². The summed E-state index contributed by atoms with van der Waals surface area (Å²) in [4.78, 5) is 25.2. The molecule has 0 spiro atoms. The average Bonchev–Trinajstić information content (AvgIpc) is 2.54. The zero-order valence-corrected chi connectivity index (χ0v) is 15.2. The molecule has 132 valence electrons. The number of aryl methyl sites for hydroxylation is 1. The Morgan fingerprint density at radius 2 is 2.04 bits per heavy atom. The van der Waals surface area contributed by atoms with Crippen LogP contribution in [0.4, 0.5) is 5.82 Å². The maximum absolute atomic E-state index is 12.1. The number of halogens is 1. The van der Waals surface area contributed by atoms with Crippen LogP contribution in [0.2, 0.25) is 5.28 Å². The Balaban J connectivity index is 1.76.